The maximum absolute atomic E-state index is 12.4. The van der Waals surface area contributed by atoms with Crippen LogP contribution in [0.25, 0.3) is 0 Å². The van der Waals surface area contributed by atoms with Gasteiger partial charge in [-0.3, -0.25) is 9.59 Å². The summed E-state index contributed by atoms with van der Waals surface area (Å²) < 4.78 is 37.2. The number of aliphatic hydroxyl groups is 1. The highest BCUT2D eigenvalue weighted by molar-refractivity contribution is 5.96. The highest BCUT2D eigenvalue weighted by Gasteiger charge is 2.31. The van der Waals surface area contributed by atoms with Gasteiger partial charge in [-0.2, -0.15) is 13.2 Å². The summed E-state index contributed by atoms with van der Waals surface area (Å²) in [5.41, 5.74) is -3.14. The van der Waals surface area contributed by atoms with Crippen LogP contribution in [0.4, 0.5) is 13.2 Å². The molecule has 4 N–H and O–H groups in total. The number of carbonyl (C=O) groups excluding carboxylic acids is 2. The van der Waals surface area contributed by atoms with Gasteiger partial charge >= 0.3 is 12.1 Å². The fourth-order valence-electron chi connectivity index (χ4n) is 1.48. The average molecular weight is 348 g/mol. The number of aliphatic carboxylic acids is 1. The van der Waals surface area contributed by atoms with Crippen molar-refractivity contribution in [2.45, 2.75) is 18.7 Å². The molecule has 2 amide bonds. The van der Waals surface area contributed by atoms with Crippen LogP contribution in [0.5, 0.6) is 0 Å². The minimum Gasteiger partial charge on any atom is -0.479 e. The Bertz CT molecular complexity index is 626. The van der Waals surface area contributed by atoms with E-state index in [-0.39, 0.29) is 5.56 Å². The number of alkyl halides is 3. The van der Waals surface area contributed by atoms with Crippen LogP contribution < -0.4 is 10.6 Å². The molecule has 132 valence electrons. The average Bonchev–Trinajstić information content (AvgIpc) is 2.49. The molecule has 0 aliphatic rings. The lowest BCUT2D eigenvalue weighted by Gasteiger charge is -2.18. The zero-order valence-electron chi connectivity index (χ0n) is 12.5. The molecule has 0 fully saturated rings. The third-order valence-electron chi connectivity index (χ3n) is 2.97. The van der Waals surface area contributed by atoms with Gasteiger partial charge in [0.25, 0.3) is 5.91 Å². The van der Waals surface area contributed by atoms with Crippen molar-refractivity contribution >= 4 is 17.8 Å². The number of nitrogens with one attached hydrogen (secondary N) is 2. The Balaban J connectivity index is 2.51. The first-order chi connectivity index (χ1) is 10.9. The maximum Gasteiger partial charge on any atom is 0.416 e. The molecule has 0 aliphatic heterocycles. The molecular weight excluding hydrogens is 333 g/mol. The molecule has 0 radical (unpaired) electrons. The number of rotatable bonds is 6. The lowest BCUT2D eigenvalue weighted by atomic mass is 10.1. The minimum atomic E-state index is -4.52. The summed E-state index contributed by atoms with van der Waals surface area (Å²) in [7, 11) is 0. The first-order valence-corrected chi connectivity index (χ1v) is 6.61. The van der Waals surface area contributed by atoms with Gasteiger partial charge in [-0.25, -0.2) is 4.79 Å². The highest BCUT2D eigenvalue weighted by atomic mass is 19.4. The third kappa shape index (κ3) is 5.54. The first-order valence-electron chi connectivity index (χ1n) is 6.61. The molecule has 7 nitrogen and oxygen atoms in total. The van der Waals surface area contributed by atoms with Gasteiger partial charge in [-0.15, -0.1) is 0 Å². The van der Waals surface area contributed by atoms with E-state index in [1.165, 1.54) is 0 Å². The number of benzene rings is 1. The van der Waals surface area contributed by atoms with E-state index in [0.29, 0.717) is 0 Å². The van der Waals surface area contributed by atoms with Crippen LogP contribution in [0.2, 0.25) is 0 Å². The predicted octanol–water partition coefficient (Wildman–Crippen LogP) is 0.387. The Kier molecular flexibility index (Phi) is 5.91. The second-order valence-electron chi connectivity index (χ2n) is 5.11. The molecule has 1 atom stereocenters. The third-order valence-corrected chi connectivity index (χ3v) is 2.97. The van der Waals surface area contributed by atoms with Gasteiger partial charge in [0, 0.05) is 5.56 Å². The van der Waals surface area contributed by atoms with Crippen LogP contribution in [-0.2, 0) is 15.8 Å². The Morgan fingerprint density at radius 3 is 2.08 bits per heavy atom. The summed E-state index contributed by atoms with van der Waals surface area (Å²) in [6.07, 6.45) is -4.52. The zero-order valence-corrected chi connectivity index (χ0v) is 12.5. The lowest BCUT2D eigenvalue weighted by molar-refractivity contribution is -0.156. The molecule has 10 heteroatoms. The molecule has 0 spiro atoms. The molecule has 0 aromatic heterocycles. The van der Waals surface area contributed by atoms with E-state index < -0.39 is 48.2 Å². The summed E-state index contributed by atoms with van der Waals surface area (Å²) in [4.78, 5) is 33.8. The second-order valence-corrected chi connectivity index (χ2v) is 5.11. The van der Waals surface area contributed by atoms with Crippen LogP contribution in [0.1, 0.15) is 22.8 Å². The molecule has 1 rings (SSSR count). The predicted molar refractivity (Wildman–Crippen MR) is 75.0 cm³/mol. The smallest absolute Gasteiger partial charge is 0.416 e. The van der Waals surface area contributed by atoms with Gasteiger partial charge in [-0.1, -0.05) is 0 Å². The van der Waals surface area contributed by atoms with Gasteiger partial charge < -0.3 is 20.8 Å². The normalized spacial score (nSPS) is 13.7. The van der Waals surface area contributed by atoms with Crippen molar-refractivity contribution in [3.63, 3.8) is 0 Å². The van der Waals surface area contributed by atoms with E-state index in [4.69, 9.17) is 5.11 Å². The monoisotopic (exact) mass is 348 g/mol. The molecule has 1 unspecified atom stereocenters. The summed E-state index contributed by atoms with van der Waals surface area (Å²) in [6, 6.07) is 3.40. The van der Waals surface area contributed by atoms with Crippen LogP contribution in [-0.4, -0.2) is 46.7 Å². The standard InChI is InChI=1S/C14H15F3N2O5/c1-13(24,12(22)23)7-19-10(20)6-18-11(21)8-2-4-9(5-3-8)14(15,16)17/h2-5,24H,6-7H2,1H3,(H,18,21)(H,19,20)(H,22,23). The Morgan fingerprint density at radius 2 is 1.62 bits per heavy atom. The Morgan fingerprint density at radius 1 is 1.08 bits per heavy atom. The van der Waals surface area contributed by atoms with Crippen LogP contribution in [0.3, 0.4) is 0 Å². The Labute approximate surface area is 134 Å². The van der Waals surface area contributed by atoms with E-state index >= 15 is 0 Å². The maximum atomic E-state index is 12.4. The number of hydrogen-bond acceptors (Lipinski definition) is 4. The van der Waals surface area contributed by atoms with Crippen molar-refractivity contribution < 1.29 is 37.8 Å². The van der Waals surface area contributed by atoms with Crippen LogP contribution in [0.15, 0.2) is 24.3 Å². The van der Waals surface area contributed by atoms with Crippen molar-refractivity contribution in [2.24, 2.45) is 0 Å². The second kappa shape index (κ2) is 7.30. The topological polar surface area (TPSA) is 116 Å². The van der Waals surface area contributed by atoms with Gasteiger partial charge in [0.2, 0.25) is 5.91 Å². The summed E-state index contributed by atoms with van der Waals surface area (Å²) in [5, 5.41) is 22.3. The quantitative estimate of drug-likeness (QED) is 0.593. The number of hydrogen-bond donors (Lipinski definition) is 4. The fraction of sp³-hybridized carbons (Fsp3) is 0.357. The summed E-state index contributed by atoms with van der Waals surface area (Å²) in [5.74, 6) is -3.07. The molecular formula is C14H15F3N2O5. The first kappa shape index (κ1) is 19.4. The molecule has 24 heavy (non-hydrogen) atoms. The van der Waals surface area contributed by atoms with E-state index in [1.807, 2.05) is 0 Å². The van der Waals surface area contributed by atoms with Gasteiger partial charge in [-0.05, 0) is 31.2 Å². The van der Waals surface area contributed by atoms with Crippen molar-refractivity contribution in [3.8, 4) is 0 Å². The largest absolute Gasteiger partial charge is 0.479 e. The zero-order chi connectivity index (χ0) is 18.5. The Hall–Kier alpha value is -2.62. The van der Waals surface area contributed by atoms with Gasteiger partial charge in [0.15, 0.2) is 5.60 Å². The van der Waals surface area contributed by atoms with E-state index in [2.05, 4.69) is 10.6 Å². The molecule has 0 saturated carbocycles. The van der Waals surface area contributed by atoms with E-state index in [0.717, 1.165) is 31.2 Å². The molecule has 0 heterocycles. The van der Waals surface area contributed by atoms with Crippen molar-refractivity contribution in [1.82, 2.24) is 10.6 Å². The summed E-state index contributed by atoms with van der Waals surface area (Å²) >= 11 is 0. The SMILES string of the molecule is CC(O)(CNC(=O)CNC(=O)c1ccc(C(F)(F)F)cc1)C(=O)O. The molecule has 0 bridgehead atoms. The van der Waals surface area contributed by atoms with Crippen LogP contribution >= 0.6 is 0 Å². The number of amides is 2. The van der Waals surface area contributed by atoms with E-state index in [1.54, 1.807) is 0 Å². The number of halogens is 3. The minimum absolute atomic E-state index is 0.0756. The van der Waals surface area contributed by atoms with Gasteiger partial charge in [0.1, 0.15) is 0 Å². The molecule has 0 aliphatic carbocycles. The number of carboxylic acids is 1. The summed E-state index contributed by atoms with van der Waals surface area (Å²) in [6.45, 7) is -0.122. The molecule has 1 aromatic rings. The number of carbonyl (C=O) groups is 3. The van der Waals surface area contributed by atoms with Crippen LogP contribution in [0, 0.1) is 0 Å². The highest BCUT2D eigenvalue weighted by Crippen LogP contribution is 2.28. The van der Waals surface area contributed by atoms with Crippen molar-refractivity contribution in [3.05, 3.63) is 35.4 Å². The lowest BCUT2D eigenvalue weighted by Crippen LogP contribution is -2.48. The van der Waals surface area contributed by atoms with Crippen molar-refractivity contribution in [2.75, 3.05) is 13.1 Å². The molecule has 1 aromatic carbocycles. The van der Waals surface area contributed by atoms with E-state index in [9.17, 15) is 32.7 Å². The number of carboxylic acid groups (broad SMARTS) is 1. The van der Waals surface area contributed by atoms with Crippen molar-refractivity contribution in [1.29, 1.82) is 0 Å². The molecule has 0 saturated heterocycles. The fourth-order valence-corrected chi connectivity index (χ4v) is 1.48. The van der Waals surface area contributed by atoms with Gasteiger partial charge in [0.05, 0.1) is 18.7 Å².